The predicted molar refractivity (Wildman–Crippen MR) is 190 cm³/mol. The Balaban J connectivity index is 1.39. The maximum atomic E-state index is 9.51. The van der Waals surface area contributed by atoms with Crippen molar-refractivity contribution in [3.8, 4) is 44.5 Å². The maximum absolute atomic E-state index is 9.51. The summed E-state index contributed by atoms with van der Waals surface area (Å²) >= 11 is 0. The van der Waals surface area contributed by atoms with Gasteiger partial charge in [0.15, 0.2) is 0 Å². The van der Waals surface area contributed by atoms with Crippen LogP contribution in [0.1, 0.15) is 12.3 Å². The van der Waals surface area contributed by atoms with Crippen LogP contribution in [0.15, 0.2) is 174 Å². The Bertz CT molecular complexity index is 2960. The highest BCUT2D eigenvalue weighted by atomic mass is 16.3. The standard InChI is InChI=1S/C44H28O/c1-3-14-29(15-4-1)31-18-11-19-32(28-31)41-34-20-7-9-22-36(34)42(37-23-10-8-21-35(37)41)38-25-13-27-40-43(38)39-26-12-24-33(44(39)45-40)30-16-5-2-6-17-30/h1-28H/i2D,5D,6D,11D,16D,17D,18D,19D,28D. The van der Waals surface area contributed by atoms with Crippen molar-refractivity contribution in [3.05, 3.63) is 170 Å². The van der Waals surface area contributed by atoms with E-state index in [9.17, 15) is 2.74 Å². The molecule has 1 heteroatoms. The van der Waals surface area contributed by atoms with Gasteiger partial charge in [-0.1, -0.05) is 158 Å². The van der Waals surface area contributed by atoms with Crippen LogP contribution in [-0.2, 0) is 0 Å². The molecule has 9 aromatic rings. The normalized spacial score (nSPS) is 14.4. The topological polar surface area (TPSA) is 13.1 Å². The Kier molecular flexibility index (Phi) is 4.15. The molecule has 0 saturated carbocycles. The smallest absolute Gasteiger partial charge is 0.143 e. The Morgan fingerprint density at radius 1 is 0.400 bits per heavy atom. The van der Waals surface area contributed by atoms with Crippen molar-refractivity contribution in [3.63, 3.8) is 0 Å². The second-order valence-electron chi connectivity index (χ2n) is 10.9. The van der Waals surface area contributed by atoms with Crippen LogP contribution in [0, 0.1) is 0 Å². The number of rotatable bonds is 4. The summed E-state index contributed by atoms with van der Waals surface area (Å²) in [4.78, 5) is 0. The van der Waals surface area contributed by atoms with Gasteiger partial charge in [0.25, 0.3) is 0 Å². The molecular formula is C44H28O. The lowest BCUT2D eigenvalue weighted by atomic mass is 9.84. The average molecular weight is 582 g/mol. The number of para-hydroxylation sites is 1. The van der Waals surface area contributed by atoms with Crippen LogP contribution in [0.25, 0.3) is 88.0 Å². The summed E-state index contributed by atoms with van der Waals surface area (Å²) in [5.41, 5.74) is 4.98. The van der Waals surface area contributed by atoms with Crippen LogP contribution in [0.4, 0.5) is 0 Å². The molecule has 0 aliphatic carbocycles. The van der Waals surface area contributed by atoms with E-state index in [0.29, 0.717) is 38.8 Å². The van der Waals surface area contributed by atoms with Gasteiger partial charge in [-0.3, -0.25) is 0 Å². The molecule has 0 aliphatic heterocycles. The van der Waals surface area contributed by atoms with Gasteiger partial charge in [0.05, 0.1) is 12.3 Å². The van der Waals surface area contributed by atoms with E-state index < -0.39 is 18.1 Å². The van der Waals surface area contributed by atoms with Crippen LogP contribution in [0.5, 0.6) is 0 Å². The highest BCUT2D eigenvalue weighted by Crippen LogP contribution is 2.47. The van der Waals surface area contributed by atoms with Gasteiger partial charge in [0, 0.05) is 16.3 Å². The lowest BCUT2D eigenvalue weighted by Gasteiger charge is -2.18. The maximum Gasteiger partial charge on any atom is 0.143 e. The van der Waals surface area contributed by atoms with Crippen LogP contribution in [0.3, 0.4) is 0 Å². The molecule has 8 aromatic carbocycles. The zero-order valence-electron chi connectivity index (χ0n) is 32.9. The molecule has 0 spiro atoms. The van der Waals surface area contributed by atoms with Gasteiger partial charge < -0.3 is 4.42 Å². The van der Waals surface area contributed by atoms with Crippen LogP contribution in [-0.4, -0.2) is 0 Å². The summed E-state index contributed by atoms with van der Waals surface area (Å²) in [5.74, 6) is 0. The van der Waals surface area contributed by atoms with E-state index in [0.717, 1.165) is 38.1 Å². The zero-order valence-corrected chi connectivity index (χ0v) is 23.9. The van der Waals surface area contributed by atoms with Gasteiger partial charge in [-0.15, -0.1) is 0 Å². The fraction of sp³-hybridized carbons (Fsp3) is 0. The van der Waals surface area contributed by atoms with Crippen molar-refractivity contribution in [1.29, 1.82) is 0 Å². The van der Waals surface area contributed by atoms with Crippen LogP contribution < -0.4 is 0 Å². The number of hydrogen-bond donors (Lipinski definition) is 0. The predicted octanol–water partition coefficient (Wildman–Crippen LogP) is 12.6. The molecule has 0 saturated heterocycles. The molecule has 0 radical (unpaired) electrons. The molecule has 0 atom stereocenters. The summed E-state index contributed by atoms with van der Waals surface area (Å²) < 4.78 is 85.0. The van der Waals surface area contributed by atoms with E-state index in [1.807, 2.05) is 103 Å². The lowest BCUT2D eigenvalue weighted by Crippen LogP contribution is -1.91. The van der Waals surface area contributed by atoms with E-state index in [2.05, 4.69) is 0 Å². The molecule has 0 bridgehead atoms. The van der Waals surface area contributed by atoms with Crippen molar-refractivity contribution in [2.45, 2.75) is 0 Å². The van der Waals surface area contributed by atoms with Crippen LogP contribution >= 0.6 is 0 Å². The molecule has 0 aliphatic rings. The quantitative estimate of drug-likeness (QED) is 0.188. The Morgan fingerprint density at radius 2 is 0.978 bits per heavy atom. The Hall–Kier alpha value is -5.92. The van der Waals surface area contributed by atoms with E-state index in [-0.39, 0.29) is 47.4 Å². The second-order valence-corrected chi connectivity index (χ2v) is 10.9. The zero-order chi connectivity index (χ0) is 37.6. The van der Waals surface area contributed by atoms with E-state index in [4.69, 9.17) is 14.0 Å². The van der Waals surface area contributed by atoms with Crippen molar-refractivity contribution >= 4 is 43.5 Å². The van der Waals surface area contributed by atoms with Gasteiger partial charge in [0.1, 0.15) is 11.2 Å². The number of benzene rings is 8. The highest BCUT2D eigenvalue weighted by molar-refractivity contribution is 6.26. The molecule has 210 valence electrons. The fourth-order valence-corrected chi connectivity index (χ4v) is 6.54. The number of furan rings is 1. The summed E-state index contributed by atoms with van der Waals surface area (Å²) in [6.45, 7) is 0. The van der Waals surface area contributed by atoms with Gasteiger partial charge in [-0.05, 0) is 72.6 Å². The third kappa shape index (κ3) is 4.09. The first-order chi connectivity index (χ1) is 26.1. The highest BCUT2D eigenvalue weighted by Gasteiger charge is 2.21. The molecule has 0 fully saturated rings. The first-order valence-electron chi connectivity index (χ1n) is 19.2. The largest absolute Gasteiger partial charge is 0.455 e. The third-order valence-electron chi connectivity index (χ3n) is 8.43. The second kappa shape index (κ2) is 10.4. The number of fused-ring (bicyclic) bond motifs is 5. The SMILES string of the molecule is [2H]c1c([2H])c([2H])c(-c2cccc3c2oc2cccc(-c4c5ccccc5c(-c5c([2H])c([2H])c([2H])c(-c6ccccc6)c5[2H])c5ccccc45)c23)c([2H])c1[2H]. The minimum atomic E-state index is -0.462. The van der Waals surface area contributed by atoms with Gasteiger partial charge in [-0.2, -0.15) is 0 Å². The Morgan fingerprint density at radius 3 is 1.71 bits per heavy atom. The minimum Gasteiger partial charge on any atom is -0.455 e. The molecule has 9 rings (SSSR count). The van der Waals surface area contributed by atoms with Crippen LogP contribution in [0.2, 0.25) is 0 Å². The first-order valence-corrected chi connectivity index (χ1v) is 14.7. The van der Waals surface area contributed by atoms with E-state index in [1.54, 1.807) is 12.1 Å². The summed E-state index contributed by atoms with van der Waals surface area (Å²) in [6, 6.07) is 33.5. The van der Waals surface area contributed by atoms with Gasteiger partial charge >= 0.3 is 0 Å². The van der Waals surface area contributed by atoms with Crippen molar-refractivity contribution in [1.82, 2.24) is 0 Å². The summed E-state index contributed by atoms with van der Waals surface area (Å²) in [5, 5.41) is 4.72. The van der Waals surface area contributed by atoms with E-state index >= 15 is 0 Å². The van der Waals surface area contributed by atoms with Crippen molar-refractivity contribution in [2.75, 3.05) is 0 Å². The molecular weight excluding hydrogens is 544 g/mol. The molecule has 1 heterocycles. The number of hydrogen-bond acceptors (Lipinski definition) is 1. The Labute approximate surface area is 274 Å². The lowest BCUT2D eigenvalue weighted by molar-refractivity contribution is 0.670. The fourth-order valence-electron chi connectivity index (χ4n) is 6.54. The van der Waals surface area contributed by atoms with Gasteiger partial charge in [-0.25, -0.2) is 0 Å². The van der Waals surface area contributed by atoms with E-state index in [1.165, 1.54) is 0 Å². The summed E-state index contributed by atoms with van der Waals surface area (Å²) in [7, 11) is 0. The van der Waals surface area contributed by atoms with Gasteiger partial charge in [0.2, 0.25) is 0 Å². The van der Waals surface area contributed by atoms with Crippen molar-refractivity contribution in [2.24, 2.45) is 0 Å². The third-order valence-corrected chi connectivity index (χ3v) is 8.43. The molecule has 0 amide bonds. The van der Waals surface area contributed by atoms with Crippen molar-refractivity contribution < 1.29 is 16.8 Å². The average Bonchev–Trinajstić information content (AvgIpc) is 3.59. The monoisotopic (exact) mass is 581 g/mol. The summed E-state index contributed by atoms with van der Waals surface area (Å²) in [6.07, 6.45) is 0. The molecule has 1 aromatic heterocycles. The first kappa shape index (κ1) is 18.0. The minimum absolute atomic E-state index is 0.0124. The molecule has 1 nitrogen and oxygen atoms in total. The molecule has 45 heavy (non-hydrogen) atoms. The molecule has 0 N–H and O–H groups in total. The molecule has 0 unspecified atom stereocenters.